The molecular weight excluding hydrogens is 284 g/mol. The van der Waals surface area contributed by atoms with Crippen LogP contribution < -0.4 is 0 Å². The minimum atomic E-state index is 0. The van der Waals surface area contributed by atoms with Crippen LogP contribution in [-0.4, -0.2) is 19.0 Å². The number of carbonyl (C=O) groups is 1. The molecule has 0 bridgehead atoms. The molecule has 1 aromatic rings. The summed E-state index contributed by atoms with van der Waals surface area (Å²) in [6.07, 6.45) is 1.97. The maximum atomic E-state index is 11.8. The molecule has 0 aromatic heterocycles. The van der Waals surface area contributed by atoms with E-state index in [9.17, 15) is 4.79 Å². The highest BCUT2D eigenvalue weighted by Crippen LogP contribution is 2.29. The van der Waals surface area contributed by atoms with Crippen LogP contribution >= 0.6 is 0 Å². The van der Waals surface area contributed by atoms with Crippen molar-refractivity contribution in [3.63, 3.8) is 0 Å². The van der Waals surface area contributed by atoms with Gasteiger partial charge in [-0.15, -0.1) is 0 Å². The van der Waals surface area contributed by atoms with Crippen LogP contribution in [0.4, 0.5) is 0 Å². The average molecular weight is 323 g/mol. The highest BCUT2D eigenvalue weighted by molar-refractivity contribution is 5.78. The van der Waals surface area contributed by atoms with Gasteiger partial charge in [0.15, 0.2) is 0 Å². The largest absolute Gasteiger partial charge is 0.381 e. The van der Waals surface area contributed by atoms with Crippen molar-refractivity contribution in [2.45, 2.75) is 81.1 Å². The number of Topliss-reactive ketones (excluding diaryl/α,β-unsaturated/α-hetero) is 1. The molecule has 0 unspecified atom stereocenters. The van der Waals surface area contributed by atoms with Crippen LogP contribution in [0.5, 0.6) is 0 Å². The van der Waals surface area contributed by atoms with E-state index in [0.29, 0.717) is 31.8 Å². The van der Waals surface area contributed by atoms with Gasteiger partial charge in [-0.1, -0.05) is 47.8 Å². The Labute approximate surface area is 144 Å². The molecule has 0 amide bonds. The zero-order valence-corrected chi connectivity index (χ0v) is 14.5. The summed E-state index contributed by atoms with van der Waals surface area (Å²) in [4.78, 5) is 11.8. The fraction of sp³-hybridized carbons (Fsp3) is 0.667. The Balaban J connectivity index is 0. The first-order valence-corrected chi connectivity index (χ1v) is 7.95. The summed E-state index contributed by atoms with van der Waals surface area (Å²) in [7, 11) is 0. The molecule has 0 N–H and O–H groups in total. The van der Waals surface area contributed by atoms with Gasteiger partial charge < -0.3 is 4.74 Å². The highest BCUT2D eigenvalue weighted by atomic mass is 16.5. The van der Waals surface area contributed by atoms with E-state index < -0.39 is 0 Å². The molecule has 0 saturated heterocycles. The number of hydrogen-bond acceptors (Lipinski definition) is 2. The maximum absolute atomic E-state index is 11.8. The van der Waals surface area contributed by atoms with Gasteiger partial charge in [-0.25, -0.2) is 0 Å². The van der Waals surface area contributed by atoms with E-state index in [1.807, 2.05) is 6.92 Å². The number of aryl methyl sites for hydroxylation is 2. The smallest absolute Gasteiger partial charge is 0.135 e. The Morgan fingerprint density at radius 1 is 1.09 bits per heavy atom. The van der Waals surface area contributed by atoms with Crippen molar-refractivity contribution in [1.82, 2.24) is 0 Å². The molecule has 0 aliphatic heterocycles. The Bertz CT molecular complexity index is 481. The highest BCUT2D eigenvalue weighted by Gasteiger charge is 2.18. The van der Waals surface area contributed by atoms with Crippen molar-refractivity contribution >= 4 is 5.78 Å². The van der Waals surface area contributed by atoms with Gasteiger partial charge in [0.25, 0.3) is 0 Å². The summed E-state index contributed by atoms with van der Waals surface area (Å²) in [6.45, 7) is 14.3. The van der Waals surface area contributed by atoms with Crippen LogP contribution in [0.25, 0.3) is 0 Å². The second-order valence-corrected chi connectivity index (χ2v) is 6.82. The first kappa shape index (κ1) is 24.1. The van der Waals surface area contributed by atoms with Gasteiger partial charge in [-0.2, -0.15) is 0 Å². The summed E-state index contributed by atoms with van der Waals surface area (Å²) in [5, 5.41) is 0. The molecule has 0 heterocycles. The molecule has 0 aliphatic rings. The van der Waals surface area contributed by atoms with Crippen LogP contribution in [0.3, 0.4) is 0 Å². The van der Waals surface area contributed by atoms with Crippen LogP contribution in [0, 0.1) is 13.8 Å². The van der Waals surface area contributed by atoms with Crippen molar-refractivity contribution in [2.75, 3.05) is 13.2 Å². The third-order valence-corrected chi connectivity index (χ3v) is 3.96. The van der Waals surface area contributed by atoms with E-state index in [0.717, 1.165) is 6.42 Å². The van der Waals surface area contributed by atoms with E-state index in [-0.39, 0.29) is 20.3 Å². The molecule has 2 heteroatoms. The fourth-order valence-electron chi connectivity index (χ4n) is 2.60. The molecule has 134 valence electrons. The molecule has 2 nitrogen and oxygen atoms in total. The molecule has 0 radical (unpaired) electrons. The first-order valence-electron chi connectivity index (χ1n) is 7.95. The summed E-state index contributed by atoms with van der Waals surface area (Å²) in [5.41, 5.74) is 5.49. The summed E-state index contributed by atoms with van der Waals surface area (Å²) < 4.78 is 5.23. The third kappa shape index (κ3) is 7.78. The van der Waals surface area contributed by atoms with Gasteiger partial charge in [-0.05, 0) is 54.9 Å². The molecule has 0 fully saturated rings. The summed E-state index contributed by atoms with van der Waals surface area (Å²) in [5.74, 6) is 0.291. The van der Waals surface area contributed by atoms with Gasteiger partial charge in [0.2, 0.25) is 0 Å². The monoisotopic (exact) mass is 322 g/mol. The molecule has 0 aliphatic carbocycles. The normalized spacial score (nSPS) is 10.7. The second-order valence-electron chi connectivity index (χ2n) is 6.82. The topological polar surface area (TPSA) is 26.3 Å². The number of hydrogen-bond donors (Lipinski definition) is 0. The van der Waals surface area contributed by atoms with Crippen molar-refractivity contribution in [3.8, 4) is 0 Å². The number of ketones is 1. The van der Waals surface area contributed by atoms with E-state index in [4.69, 9.17) is 4.74 Å². The van der Waals surface area contributed by atoms with Crippen LogP contribution in [0.2, 0.25) is 0 Å². The maximum Gasteiger partial charge on any atom is 0.135 e. The summed E-state index contributed by atoms with van der Waals surface area (Å²) in [6, 6.07) is 4.50. The van der Waals surface area contributed by atoms with Crippen molar-refractivity contribution < 1.29 is 9.53 Å². The Morgan fingerprint density at radius 2 is 1.70 bits per heavy atom. The standard InChI is InChI=1S/C19H30O2.2CH4/c1-7-21-11-10-17(20)9-8-16-12-14(2)15(3)18(13-16)19(4,5)6;;/h12-13H,7-11H2,1-6H3;2*1H4. The first-order chi connectivity index (χ1) is 9.75. The van der Waals surface area contributed by atoms with E-state index in [1.165, 1.54) is 22.3 Å². The zero-order chi connectivity index (χ0) is 16.0. The molecule has 1 rings (SSSR count). The van der Waals surface area contributed by atoms with Gasteiger partial charge in [-0.3, -0.25) is 4.79 Å². The quantitative estimate of drug-likeness (QED) is 0.593. The lowest BCUT2D eigenvalue weighted by molar-refractivity contribution is -0.120. The number of ether oxygens (including phenoxy) is 1. The molecule has 0 saturated carbocycles. The van der Waals surface area contributed by atoms with Crippen LogP contribution in [0.15, 0.2) is 12.1 Å². The van der Waals surface area contributed by atoms with E-state index in [2.05, 4.69) is 46.8 Å². The number of carbonyl (C=O) groups excluding carboxylic acids is 1. The lowest BCUT2D eigenvalue weighted by atomic mass is 9.81. The third-order valence-electron chi connectivity index (χ3n) is 3.96. The fourth-order valence-corrected chi connectivity index (χ4v) is 2.60. The lowest BCUT2D eigenvalue weighted by Crippen LogP contribution is -2.15. The SMILES string of the molecule is C.C.CCOCCC(=O)CCc1cc(C)c(C)c(C(C)(C)C)c1. The number of rotatable bonds is 7. The lowest BCUT2D eigenvalue weighted by Gasteiger charge is -2.24. The van der Waals surface area contributed by atoms with Crippen LogP contribution in [-0.2, 0) is 21.4 Å². The van der Waals surface area contributed by atoms with Gasteiger partial charge in [0.05, 0.1) is 6.61 Å². The summed E-state index contributed by atoms with van der Waals surface area (Å²) >= 11 is 0. The molecule has 0 spiro atoms. The second kappa shape index (κ2) is 10.6. The Kier molecular flexibility index (Phi) is 11.1. The van der Waals surface area contributed by atoms with Crippen molar-refractivity contribution in [2.24, 2.45) is 0 Å². The Hall–Kier alpha value is -1.15. The van der Waals surface area contributed by atoms with E-state index >= 15 is 0 Å². The minimum Gasteiger partial charge on any atom is -0.381 e. The van der Waals surface area contributed by atoms with Crippen LogP contribution in [0.1, 0.15) is 77.6 Å². The predicted octanol–water partition coefficient (Wildman–Crippen LogP) is 5.80. The van der Waals surface area contributed by atoms with E-state index in [1.54, 1.807) is 0 Å². The number of benzene rings is 1. The predicted molar refractivity (Wildman–Crippen MR) is 103 cm³/mol. The Morgan fingerprint density at radius 3 is 2.22 bits per heavy atom. The van der Waals surface area contributed by atoms with Crippen molar-refractivity contribution in [3.05, 3.63) is 34.4 Å². The molecular formula is C21H38O2. The van der Waals surface area contributed by atoms with Gasteiger partial charge >= 0.3 is 0 Å². The van der Waals surface area contributed by atoms with Crippen molar-refractivity contribution in [1.29, 1.82) is 0 Å². The zero-order valence-electron chi connectivity index (χ0n) is 14.5. The molecule has 1 aromatic carbocycles. The minimum absolute atomic E-state index is 0. The average Bonchev–Trinajstić information content (AvgIpc) is 2.39. The molecule has 23 heavy (non-hydrogen) atoms. The van der Waals surface area contributed by atoms with Gasteiger partial charge in [0, 0.05) is 19.4 Å². The van der Waals surface area contributed by atoms with Gasteiger partial charge in [0.1, 0.15) is 5.78 Å². The molecule has 0 atom stereocenters.